The number of nitrogens with zero attached hydrogens (tertiary/aromatic N) is 5. The normalized spacial score (nSPS) is 17.5. The van der Waals surface area contributed by atoms with Crippen LogP contribution in [0.5, 0.6) is 0 Å². The largest absolute Gasteiger partial charge is 0.437 e. The van der Waals surface area contributed by atoms with Gasteiger partial charge in [-0.2, -0.15) is 26.3 Å². The van der Waals surface area contributed by atoms with Crippen molar-refractivity contribution in [1.82, 2.24) is 30.4 Å². The SMILES string of the molecule is CN1CCC(NCCCNc2cc(Nc3cnc(C(F)(F)F)cn3)nnc2C(F)(F)F)C1. The monoisotopic (exact) mass is 464 g/mol. The topological polar surface area (TPSA) is 90.9 Å². The number of rotatable bonds is 8. The molecule has 1 fully saturated rings. The zero-order chi connectivity index (χ0) is 23.4. The molecule has 2 aromatic rings. The fraction of sp³-hybridized carbons (Fsp3) is 0.556. The van der Waals surface area contributed by atoms with Crippen molar-refractivity contribution >= 4 is 17.3 Å². The molecule has 1 aliphatic rings. The highest BCUT2D eigenvalue weighted by molar-refractivity contribution is 5.59. The molecule has 1 saturated heterocycles. The second kappa shape index (κ2) is 9.81. The van der Waals surface area contributed by atoms with E-state index in [1.807, 2.05) is 7.05 Å². The van der Waals surface area contributed by atoms with Crippen LogP contribution >= 0.6 is 0 Å². The molecule has 1 atom stereocenters. The molecule has 3 rings (SSSR count). The van der Waals surface area contributed by atoms with Gasteiger partial charge in [-0.05, 0) is 33.0 Å². The Kier molecular flexibility index (Phi) is 7.33. The van der Waals surface area contributed by atoms with Crippen LogP contribution in [0.1, 0.15) is 24.2 Å². The van der Waals surface area contributed by atoms with Crippen LogP contribution in [0.15, 0.2) is 18.5 Å². The average Bonchev–Trinajstić information content (AvgIpc) is 3.12. The molecule has 8 nitrogen and oxygen atoms in total. The highest BCUT2D eigenvalue weighted by Crippen LogP contribution is 2.34. The van der Waals surface area contributed by atoms with Gasteiger partial charge in [0.25, 0.3) is 0 Å². The zero-order valence-corrected chi connectivity index (χ0v) is 17.1. The molecular weight excluding hydrogens is 442 g/mol. The molecule has 0 radical (unpaired) electrons. The molecule has 14 heteroatoms. The summed E-state index contributed by atoms with van der Waals surface area (Å²) >= 11 is 0. The van der Waals surface area contributed by atoms with Gasteiger partial charge in [0.1, 0.15) is 5.82 Å². The number of likely N-dealkylation sites (tertiary alicyclic amines) is 1. The van der Waals surface area contributed by atoms with Crippen LogP contribution in [0.4, 0.5) is 43.7 Å². The summed E-state index contributed by atoms with van der Waals surface area (Å²) in [5, 5.41) is 15.3. The molecule has 1 unspecified atom stereocenters. The van der Waals surface area contributed by atoms with Crippen LogP contribution in [-0.4, -0.2) is 64.3 Å². The lowest BCUT2D eigenvalue weighted by Crippen LogP contribution is -2.32. The summed E-state index contributed by atoms with van der Waals surface area (Å²) in [5.74, 6) is -0.245. The van der Waals surface area contributed by atoms with Crippen molar-refractivity contribution in [1.29, 1.82) is 0 Å². The molecule has 3 N–H and O–H groups in total. The van der Waals surface area contributed by atoms with Crippen molar-refractivity contribution in [3.05, 3.63) is 29.8 Å². The Morgan fingerprint density at radius 1 is 1.00 bits per heavy atom. The van der Waals surface area contributed by atoms with Crippen molar-refractivity contribution < 1.29 is 26.3 Å². The van der Waals surface area contributed by atoms with Crippen LogP contribution in [0, 0.1) is 0 Å². The lowest BCUT2D eigenvalue weighted by atomic mass is 10.2. The number of anilines is 3. The minimum absolute atomic E-state index is 0.122. The van der Waals surface area contributed by atoms with Crippen molar-refractivity contribution in [2.24, 2.45) is 0 Å². The van der Waals surface area contributed by atoms with Gasteiger partial charge in [0, 0.05) is 25.2 Å². The maximum Gasteiger partial charge on any atom is 0.437 e. The molecule has 0 bridgehead atoms. The molecule has 3 heterocycles. The third-order valence-corrected chi connectivity index (χ3v) is 4.75. The van der Waals surface area contributed by atoms with Gasteiger partial charge in [-0.1, -0.05) is 0 Å². The highest BCUT2D eigenvalue weighted by atomic mass is 19.4. The fourth-order valence-corrected chi connectivity index (χ4v) is 3.19. The van der Waals surface area contributed by atoms with Crippen LogP contribution < -0.4 is 16.0 Å². The van der Waals surface area contributed by atoms with E-state index in [-0.39, 0.29) is 23.9 Å². The third-order valence-electron chi connectivity index (χ3n) is 4.75. The lowest BCUT2D eigenvalue weighted by molar-refractivity contribution is -0.142. The standard InChI is InChI=1S/C18H22F6N8/c1-32-6-3-11(10-32)25-4-2-5-26-12-7-14(30-31-16(12)18(22,23)24)29-15-9-27-13(8-28-15)17(19,20)21/h7-9,11,25H,2-6,10H2,1H3,(H2,26,28,29,30). The Morgan fingerprint density at radius 3 is 2.38 bits per heavy atom. The summed E-state index contributed by atoms with van der Waals surface area (Å²) in [6.45, 7) is 2.83. The Balaban J connectivity index is 1.61. The van der Waals surface area contributed by atoms with Crippen molar-refractivity contribution in [3.8, 4) is 0 Å². The predicted octanol–water partition coefficient (Wildman–Crippen LogP) is 3.14. The first-order chi connectivity index (χ1) is 15.0. The minimum atomic E-state index is -4.73. The van der Waals surface area contributed by atoms with Gasteiger partial charge in [-0.3, -0.25) is 0 Å². The number of hydrogen-bond acceptors (Lipinski definition) is 8. The molecule has 176 valence electrons. The molecule has 0 amide bonds. The summed E-state index contributed by atoms with van der Waals surface area (Å²) in [5.41, 5.74) is -2.68. The summed E-state index contributed by atoms with van der Waals surface area (Å²) in [6, 6.07) is 1.45. The number of alkyl halides is 6. The number of hydrogen-bond donors (Lipinski definition) is 3. The Hall–Kier alpha value is -2.74. The van der Waals surface area contributed by atoms with E-state index in [0.717, 1.165) is 31.8 Å². The van der Waals surface area contributed by atoms with Crippen molar-refractivity contribution in [3.63, 3.8) is 0 Å². The smallest absolute Gasteiger partial charge is 0.383 e. The van der Waals surface area contributed by atoms with E-state index in [1.165, 1.54) is 0 Å². The van der Waals surface area contributed by atoms with E-state index < -0.39 is 23.7 Å². The van der Waals surface area contributed by atoms with E-state index in [9.17, 15) is 26.3 Å². The van der Waals surface area contributed by atoms with E-state index in [1.54, 1.807) is 0 Å². The Bertz CT molecular complexity index is 887. The second-order valence-electron chi connectivity index (χ2n) is 7.38. The number of halogens is 6. The number of aromatic nitrogens is 4. The van der Waals surface area contributed by atoms with E-state index >= 15 is 0 Å². The predicted molar refractivity (Wildman–Crippen MR) is 104 cm³/mol. The first-order valence-corrected chi connectivity index (χ1v) is 9.79. The van der Waals surface area contributed by atoms with Gasteiger partial charge in [-0.25, -0.2) is 9.97 Å². The van der Waals surface area contributed by atoms with E-state index in [0.29, 0.717) is 25.2 Å². The van der Waals surface area contributed by atoms with Gasteiger partial charge in [0.15, 0.2) is 17.2 Å². The summed E-state index contributed by atoms with van der Waals surface area (Å²) in [6.07, 6.45) is -6.46. The van der Waals surface area contributed by atoms with Crippen molar-refractivity contribution in [2.75, 3.05) is 43.9 Å². The quantitative estimate of drug-likeness (QED) is 0.406. The molecule has 1 aliphatic heterocycles. The summed E-state index contributed by atoms with van der Waals surface area (Å²) in [7, 11) is 2.03. The molecule has 0 aliphatic carbocycles. The minimum Gasteiger partial charge on any atom is -0.383 e. The first kappa shape index (κ1) is 23.9. The van der Waals surface area contributed by atoms with Gasteiger partial charge in [-0.15, -0.1) is 10.2 Å². The van der Waals surface area contributed by atoms with Gasteiger partial charge in [0.2, 0.25) is 0 Å². The molecule has 0 spiro atoms. The van der Waals surface area contributed by atoms with Crippen LogP contribution in [0.25, 0.3) is 0 Å². The molecule has 32 heavy (non-hydrogen) atoms. The molecule has 2 aromatic heterocycles. The molecular formula is C18H22F6N8. The summed E-state index contributed by atoms with van der Waals surface area (Å²) < 4.78 is 77.5. The van der Waals surface area contributed by atoms with E-state index in [2.05, 4.69) is 41.0 Å². The third kappa shape index (κ3) is 6.63. The zero-order valence-electron chi connectivity index (χ0n) is 17.1. The van der Waals surface area contributed by atoms with Gasteiger partial charge in [0.05, 0.1) is 18.1 Å². The number of likely N-dealkylation sites (N-methyl/N-ethyl adjacent to an activating group) is 1. The second-order valence-corrected chi connectivity index (χ2v) is 7.38. The number of nitrogens with one attached hydrogen (secondary N) is 3. The van der Waals surface area contributed by atoms with Gasteiger partial charge >= 0.3 is 12.4 Å². The highest BCUT2D eigenvalue weighted by Gasteiger charge is 2.36. The summed E-state index contributed by atoms with van der Waals surface area (Å²) in [4.78, 5) is 8.98. The fourth-order valence-electron chi connectivity index (χ4n) is 3.19. The Morgan fingerprint density at radius 2 is 1.78 bits per heavy atom. The maximum atomic E-state index is 13.3. The molecule has 0 saturated carbocycles. The average molecular weight is 464 g/mol. The Labute approximate surface area is 179 Å². The lowest BCUT2D eigenvalue weighted by Gasteiger charge is -2.16. The van der Waals surface area contributed by atoms with Crippen LogP contribution in [-0.2, 0) is 12.4 Å². The van der Waals surface area contributed by atoms with E-state index in [4.69, 9.17) is 0 Å². The van der Waals surface area contributed by atoms with Crippen molar-refractivity contribution in [2.45, 2.75) is 31.2 Å². The van der Waals surface area contributed by atoms with Gasteiger partial charge < -0.3 is 20.9 Å². The first-order valence-electron chi connectivity index (χ1n) is 9.79. The van der Waals surface area contributed by atoms with Crippen LogP contribution in [0.3, 0.4) is 0 Å². The maximum absolute atomic E-state index is 13.3. The van der Waals surface area contributed by atoms with Crippen LogP contribution in [0.2, 0.25) is 0 Å². The molecule has 0 aromatic carbocycles.